The predicted molar refractivity (Wildman–Crippen MR) is 116 cm³/mol. The molecule has 1 heterocycles. The van der Waals surface area contributed by atoms with Gasteiger partial charge in [0.15, 0.2) is 11.4 Å². The molecule has 0 spiro atoms. The Morgan fingerprint density at radius 1 is 0.862 bits per heavy atom. The summed E-state index contributed by atoms with van der Waals surface area (Å²) in [5.74, 6) is -0.797. The summed E-state index contributed by atoms with van der Waals surface area (Å²) in [5.41, 5.74) is -1.24. The summed E-state index contributed by atoms with van der Waals surface area (Å²) >= 11 is 25.0. The molecule has 1 fully saturated rings. The number of hydrogen-bond acceptors (Lipinski definition) is 3. The van der Waals surface area contributed by atoms with E-state index in [2.05, 4.69) is 0 Å². The van der Waals surface area contributed by atoms with Crippen molar-refractivity contribution in [3.8, 4) is 0 Å². The Kier molecular flexibility index (Phi) is 4.96. The lowest BCUT2D eigenvalue weighted by atomic mass is 9.75. The SMILES string of the molecule is CC1=CC2(C(=O)c3c(Cl)cccc3Cl)OC2(C)C(C(=O)c2c(Cl)cccc2Cl)=C1. The maximum atomic E-state index is 13.5. The third-order valence-electron chi connectivity index (χ3n) is 5.31. The van der Waals surface area contributed by atoms with Crippen molar-refractivity contribution in [1.29, 1.82) is 0 Å². The highest BCUT2D eigenvalue weighted by molar-refractivity contribution is 6.42. The van der Waals surface area contributed by atoms with Crippen LogP contribution in [0, 0.1) is 0 Å². The Morgan fingerprint density at radius 3 is 1.86 bits per heavy atom. The van der Waals surface area contributed by atoms with E-state index in [0.29, 0.717) is 11.1 Å². The lowest BCUT2D eigenvalue weighted by Crippen LogP contribution is -2.37. The minimum absolute atomic E-state index is 0.160. The van der Waals surface area contributed by atoms with Crippen LogP contribution in [0.4, 0.5) is 0 Å². The molecule has 2 aliphatic rings. The third kappa shape index (κ3) is 2.99. The molecular weight excluding hydrogens is 454 g/mol. The average Bonchev–Trinajstić information content (AvgIpc) is 3.27. The van der Waals surface area contributed by atoms with Crippen molar-refractivity contribution in [2.45, 2.75) is 25.0 Å². The molecule has 1 aliphatic heterocycles. The van der Waals surface area contributed by atoms with Gasteiger partial charge >= 0.3 is 0 Å². The van der Waals surface area contributed by atoms with Gasteiger partial charge in [0, 0.05) is 5.57 Å². The van der Waals surface area contributed by atoms with E-state index in [1.807, 2.05) is 0 Å². The van der Waals surface area contributed by atoms with Crippen molar-refractivity contribution in [3.63, 3.8) is 0 Å². The van der Waals surface area contributed by atoms with Crippen LogP contribution in [0.2, 0.25) is 20.1 Å². The van der Waals surface area contributed by atoms with E-state index < -0.39 is 22.8 Å². The Balaban J connectivity index is 1.81. The van der Waals surface area contributed by atoms with Crippen LogP contribution in [-0.2, 0) is 4.74 Å². The molecule has 1 saturated heterocycles. The zero-order valence-corrected chi connectivity index (χ0v) is 18.4. The van der Waals surface area contributed by atoms with Crippen molar-refractivity contribution in [3.05, 3.63) is 90.9 Å². The van der Waals surface area contributed by atoms with Gasteiger partial charge in [-0.05, 0) is 50.3 Å². The molecule has 0 saturated carbocycles. The third-order valence-corrected chi connectivity index (χ3v) is 6.57. The lowest BCUT2D eigenvalue weighted by molar-refractivity contribution is 0.0909. The Morgan fingerprint density at radius 2 is 1.34 bits per heavy atom. The molecule has 148 valence electrons. The monoisotopic (exact) mass is 466 g/mol. The summed E-state index contributed by atoms with van der Waals surface area (Å²) in [5, 5.41) is 0.895. The summed E-state index contributed by atoms with van der Waals surface area (Å²) in [6.07, 6.45) is 3.38. The zero-order valence-electron chi connectivity index (χ0n) is 15.4. The number of epoxide rings is 1. The highest BCUT2D eigenvalue weighted by atomic mass is 35.5. The van der Waals surface area contributed by atoms with E-state index in [0.717, 1.165) is 0 Å². The Bertz CT molecular complexity index is 1110. The number of hydrogen-bond donors (Lipinski definition) is 0. The van der Waals surface area contributed by atoms with Gasteiger partial charge in [-0.25, -0.2) is 0 Å². The number of Topliss-reactive ketones (excluding diaryl/α,β-unsaturated/α-hetero) is 2. The van der Waals surface area contributed by atoms with Crippen LogP contribution in [-0.4, -0.2) is 22.8 Å². The largest absolute Gasteiger partial charge is 0.344 e. The van der Waals surface area contributed by atoms with Crippen LogP contribution in [0.25, 0.3) is 0 Å². The molecule has 0 bridgehead atoms. The number of benzene rings is 2. The first kappa shape index (κ1) is 20.6. The molecule has 2 atom stereocenters. The average molecular weight is 468 g/mol. The van der Waals surface area contributed by atoms with Gasteiger partial charge in [0.2, 0.25) is 5.78 Å². The smallest absolute Gasteiger partial charge is 0.205 e. The van der Waals surface area contributed by atoms with E-state index >= 15 is 0 Å². The van der Waals surface area contributed by atoms with E-state index in [9.17, 15) is 9.59 Å². The molecule has 7 heteroatoms. The first-order valence-electron chi connectivity index (χ1n) is 8.72. The molecule has 3 nitrogen and oxygen atoms in total. The van der Waals surface area contributed by atoms with E-state index in [-0.39, 0.29) is 31.2 Å². The van der Waals surface area contributed by atoms with Gasteiger partial charge < -0.3 is 4.74 Å². The summed E-state index contributed by atoms with van der Waals surface area (Å²) in [6.45, 7) is 3.47. The molecule has 29 heavy (non-hydrogen) atoms. The van der Waals surface area contributed by atoms with Crippen LogP contribution in [0.5, 0.6) is 0 Å². The fourth-order valence-corrected chi connectivity index (χ4v) is 4.95. The second-order valence-corrected chi connectivity index (χ2v) is 8.80. The molecule has 0 radical (unpaired) electrons. The van der Waals surface area contributed by atoms with Crippen LogP contribution in [0.3, 0.4) is 0 Å². The molecule has 2 aromatic carbocycles. The Labute approximate surface area is 187 Å². The summed E-state index contributed by atoms with van der Waals surface area (Å²) in [4.78, 5) is 26.8. The minimum atomic E-state index is -1.38. The molecule has 0 aromatic heterocycles. The zero-order chi connectivity index (χ0) is 21.1. The van der Waals surface area contributed by atoms with Gasteiger partial charge in [0.05, 0.1) is 31.2 Å². The van der Waals surface area contributed by atoms with Gasteiger partial charge in [0.1, 0.15) is 5.60 Å². The number of fused-ring (bicyclic) bond motifs is 1. The number of rotatable bonds is 4. The molecule has 0 amide bonds. The van der Waals surface area contributed by atoms with Gasteiger partial charge in [-0.2, -0.15) is 0 Å². The Hall–Kier alpha value is -1.62. The number of ether oxygens (including phenoxy) is 1. The van der Waals surface area contributed by atoms with Crippen molar-refractivity contribution in [2.75, 3.05) is 0 Å². The normalized spacial score (nSPS) is 25.0. The maximum Gasteiger partial charge on any atom is 0.205 e. The van der Waals surface area contributed by atoms with Crippen molar-refractivity contribution >= 4 is 58.0 Å². The van der Waals surface area contributed by atoms with Gasteiger partial charge in [-0.15, -0.1) is 0 Å². The molecule has 2 unspecified atom stereocenters. The summed E-state index contributed by atoms with van der Waals surface area (Å²) in [6, 6.07) is 9.66. The minimum Gasteiger partial charge on any atom is -0.344 e. The van der Waals surface area contributed by atoms with Gasteiger partial charge in [-0.1, -0.05) is 64.1 Å². The molecule has 2 aromatic rings. The standard InChI is InChI=1S/C22H14Cl4O3/c1-11-9-12(19(27)17-13(23)5-3-6-14(17)24)21(2)22(10-11,29-21)20(28)18-15(25)7-4-8-16(18)26/h3-10H,1-2H3. The summed E-state index contributed by atoms with van der Waals surface area (Å²) in [7, 11) is 0. The van der Waals surface area contributed by atoms with Crippen LogP contribution in [0.1, 0.15) is 34.6 Å². The predicted octanol–water partition coefficient (Wildman–Crippen LogP) is 6.78. The number of carbonyl (C=O) groups excluding carboxylic acids is 2. The van der Waals surface area contributed by atoms with E-state index in [1.54, 1.807) is 62.4 Å². The lowest BCUT2D eigenvalue weighted by Gasteiger charge is -2.22. The highest BCUT2D eigenvalue weighted by Crippen LogP contribution is 2.59. The van der Waals surface area contributed by atoms with Gasteiger partial charge in [-0.3, -0.25) is 9.59 Å². The second-order valence-electron chi connectivity index (χ2n) is 7.17. The van der Waals surface area contributed by atoms with Crippen molar-refractivity contribution < 1.29 is 14.3 Å². The van der Waals surface area contributed by atoms with Crippen LogP contribution >= 0.6 is 46.4 Å². The van der Waals surface area contributed by atoms with E-state index in [4.69, 9.17) is 51.1 Å². The number of allylic oxidation sites excluding steroid dienone is 2. The van der Waals surface area contributed by atoms with E-state index in [1.165, 1.54) is 0 Å². The first-order valence-corrected chi connectivity index (χ1v) is 10.2. The fourth-order valence-electron chi connectivity index (χ4n) is 3.81. The topological polar surface area (TPSA) is 46.7 Å². The molecule has 1 aliphatic carbocycles. The van der Waals surface area contributed by atoms with Crippen LogP contribution in [0.15, 0.2) is 59.7 Å². The van der Waals surface area contributed by atoms with Gasteiger partial charge in [0.25, 0.3) is 0 Å². The van der Waals surface area contributed by atoms with Crippen molar-refractivity contribution in [2.24, 2.45) is 0 Å². The maximum absolute atomic E-state index is 13.5. The summed E-state index contributed by atoms with van der Waals surface area (Å²) < 4.78 is 5.97. The number of carbonyl (C=O) groups is 2. The quantitative estimate of drug-likeness (QED) is 0.367. The van der Waals surface area contributed by atoms with Crippen LogP contribution < -0.4 is 0 Å². The molecule has 0 N–H and O–H groups in total. The first-order chi connectivity index (χ1) is 13.6. The number of halogens is 4. The number of ketones is 2. The second kappa shape index (κ2) is 6.97. The highest BCUT2D eigenvalue weighted by Gasteiger charge is 2.74. The molecular formula is C22H14Cl4O3. The molecule has 4 rings (SSSR count). The van der Waals surface area contributed by atoms with Crippen molar-refractivity contribution in [1.82, 2.24) is 0 Å². The fraction of sp³-hybridized carbons (Fsp3) is 0.182.